The Kier molecular flexibility index (Phi) is 7.00. The number of aliphatic hydroxyl groups is 1. The van der Waals surface area contributed by atoms with E-state index in [0.717, 1.165) is 28.9 Å². The van der Waals surface area contributed by atoms with Gasteiger partial charge in [-0.1, -0.05) is 55.5 Å². The SMILES string of the molecule is C[C@H]1[C@H]([Si](C)(C)O)[C@@H](CCO)O[C@]12C(=O)N(Cc1cccc(N(C=O)c3ccccc3)c1)c1ccccc12. The molecule has 7 nitrogen and oxygen atoms in total. The predicted octanol–water partition coefficient (Wildman–Crippen LogP) is 4.71. The zero-order chi connectivity index (χ0) is 27.1. The summed E-state index contributed by atoms with van der Waals surface area (Å²) in [5.74, 6) is -0.421. The Morgan fingerprint density at radius 1 is 1.03 bits per heavy atom. The van der Waals surface area contributed by atoms with Gasteiger partial charge in [-0.2, -0.15) is 0 Å². The van der Waals surface area contributed by atoms with Crippen LogP contribution in [-0.2, 0) is 26.5 Å². The molecule has 0 aromatic heterocycles. The lowest BCUT2D eigenvalue weighted by atomic mass is 9.82. The van der Waals surface area contributed by atoms with Gasteiger partial charge >= 0.3 is 0 Å². The predicted molar refractivity (Wildman–Crippen MR) is 150 cm³/mol. The van der Waals surface area contributed by atoms with Crippen molar-refractivity contribution in [3.05, 3.63) is 90.0 Å². The van der Waals surface area contributed by atoms with Crippen LogP contribution in [0.25, 0.3) is 0 Å². The minimum Gasteiger partial charge on any atom is -0.432 e. The fourth-order valence-corrected chi connectivity index (χ4v) is 9.04. The fourth-order valence-electron chi connectivity index (χ4n) is 6.43. The molecule has 2 aliphatic heterocycles. The molecule has 0 radical (unpaired) electrons. The Balaban J connectivity index is 1.52. The third-order valence-electron chi connectivity index (χ3n) is 7.97. The van der Waals surface area contributed by atoms with Crippen molar-refractivity contribution >= 4 is 37.7 Å². The van der Waals surface area contributed by atoms with E-state index in [1.807, 2.05) is 98.9 Å². The zero-order valence-corrected chi connectivity index (χ0v) is 22.9. The van der Waals surface area contributed by atoms with E-state index in [0.29, 0.717) is 18.7 Å². The first-order valence-corrected chi connectivity index (χ1v) is 16.1. The second kappa shape index (κ2) is 10.1. The van der Waals surface area contributed by atoms with Gasteiger partial charge in [-0.25, -0.2) is 0 Å². The molecule has 8 heteroatoms. The molecule has 0 saturated carbocycles. The van der Waals surface area contributed by atoms with Crippen molar-refractivity contribution in [2.45, 2.75) is 50.2 Å². The topological polar surface area (TPSA) is 90.3 Å². The third-order valence-corrected chi connectivity index (χ3v) is 10.5. The number of anilines is 3. The molecule has 2 N–H and O–H groups in total. The standard InChI is InChI=1S/C30H34N2O5Si/c1-21-28(38(2,3)36)27(16-17-33)37-30(21)25-14-7-8-15-26(25)31(29(30)35)19-22-10-9-13-24(18-22)32(20-34)23-11-5-4-6-12-23/h4-15,18,20-21,27-28,33,36H,16-17,19H2,1-3H3/t21-,27+,28-,30+/m0/s1. The maximum absolute atomic E-state index is 14.3. The highest BCUT2D eigenvalue weighted by molar-refractivity contribution is 6.71. The van der Waals surface area contributed by atoms with Crippen molar-refractivity contribution in [2.24, 2.45) is 5.92 Å². The average Bonchev–Trinajstić information content (AvgIpc) is 3.33. The van der Waals surface area contributed by atoms with E-state index in [-0.39, 0.29) is 24.0 Å². The first-order chi connectivity index (χ1) is 18.2. The van der Waals surface area contributed by atoms with Crippen molar-refractivity contribution < 1.29 is 24.2 Å². The Labute approximate surface area is 224 Å². The summed E-state index contributed by atoms with van der Waals surface area (Å²) in [6.45, 7) is 5.98. The van der Waals surface area contributed by atoms with E-state index < -0.39 is 20.0 Å². The second-order valence-corrected chi connectivity index (χ2v) is 14.7. The lowest BCUT2D eigenvalue weighted by Crippen LogP contribution is -2.46. The van der Waals surface area contributed by atoms with Crippen molar-refractivity contribution in [3.8, 4) is 0 Å². The average molecular weight is 531 g/mol. The van der Waals surface area contributed by atoms with Gasteiger partial charge in [0.2, 0.25) is 6.41 Å². The van der Waals surface area contributed by atoms with Crippen molar-refractivity contribution in [2.75, 3.05) is 16.4 Å². The molecular formula is C30H34N2O5Si. The van der Waals surface area contributed by atoms with E-state index in [4.69, 9.17) is 4.74 Å². The number of rotatable bonds is 8. The van der Waals surface area contributed by atoms with Crippen molar-refractivity contribution in [3.63, 3.8) is 0 Å². The fraction of sp³-hybridized carbons (Fsp3) is 0.333. The summed E-state index contributed by atoms with van der Waals surface area (Å²) >= 11 is 0. The molecule has 1 fully saturated rings. The molecule has 0 unspecified atom stereocenters. The van der Waals surface area contributed by atoms with Gasteiger partial charge in [-0.15, -0.1) is 0 Å². The Morgan fingerprint density at radius 2 is 1.71 bits per heavy atom. The summed E-state index contributed by atoms with van der Waals surface area (Å²) in [6, 6.07) is 24.7. The van der Waals surface area contributed by atoms with E-state index in [1.54, 1.807) is 9.80 Å². The van der Waals surface area contributed by atoms with Crippen LogP contribution in [0.2, 0.25) is 18.6 Å². The van der Waals surface area contributed by atoms with Crippen molar-refractivity contribution in [1.82, 2.24) is 0 Å². The van der Waals surface area contributed by atoms with Crippen LogP contribution in [0.5, 0.6) is 0 Å². The number of hydrogen-bond donors (Lipinski definition) is 2. The summed E-state index contributed by atoms with van der Waals surface area (Å²) in [7, 11) is -2.73. The smallest absolute Gasteiger partial charge is 0.264 e. The Morgan fingerprint density at radius 3 is 2.39 bits per heavy atom. The molecule has 2 amide bonds. The molecule has 3 aromatic rings. The number of nitrogens with zero attached hydrogens (tertiary/aromatic N) is 2. The normalized spacial score (nSPS) is 24.6. The minimum atomic E-state index is -2.73. The first-order valence-electron chi connectivity index (χ1n) is 13.0. The molecule has 2 heterocycles. The summed E-state index contributed by atoms with van der Waals surface area (Å²) < 4.78 is 6.61. The summed E-state index contributed by atoms with van der Waals surface area (Å²) in [6.07, 6.45) is 0.746. The second-order valence-electron chi connectivity index (χ2n) is 10.8. The minimum absolute atomic E-state index is 0.0740. The molecule has 2 aliphatic rings. The van der Waals surface area contributed by atoms with Gasteiger partial charge < -0.3 is 19.5 Å². The number of carbonyl (C=O) groups is 2. The number of benzene rings is 3. The Bertz CT molecular complexity index is 1330. The molecule has 5 rings (SSSR count). The van der Waals surface area contributed by atoms with Crippen LogP contribution in [0, 0.1) is 5.92 Å². The number of aliphatic hydroxyl groups excluding tert-OH is 1. The van der Waals surface area contributed by atoms with Gasteiger partial charge in [0.1, 0.15) is 0 Å². The van der Waals surface area contributed by atoms with Gasteiger partial charge in [0.25, 0.3) is 5.91 Å². The molecule has 3 aromatic carbocycles. The van der Waals surface area contributed by atoms with Gasteiger partial charge in [0, 0.05) is 35.0 Å². The monoisotopic (exact) mass is 530 g/mol. The van der Waals surface area contributed by atoms with E-state index in [9.17, 15) is 19.5 Å². The number of amides is 2. The molecule has 0 aliphatic carbocycles. The van der Waals surface area contributed by atoms with Gasteiger partial charge in [0.05, 0.1) is 18.3 Å². The highest BCUT2D eigenvalue weighted by Crippen LogP contribution is 2.59. The van der Waals surface area contributed by atoms with Crippen LogP contribution in [-0.4, -0.2) is 43.2 Å². The highest BCUT2D eigenvalue weighted by Gasteiger charge is 2.65. The molecule has 198 valence electrons. The summed E-state index contributed by atoms with van der Waals surface area (Å²) in [4.78, 5) is 40.8. The number of fused-ring (bicyclic) bond motifs is 2. The molecule has 1 spiro atoms. The highest BCUT2D eigenvalue weighted by atomic mass is 28.4. The number of carbonyl (C=O) groups excluding carboxylic acids is 2. The largest absolute Gasteiger partial charge is 0.432 e. The Hall–Kier alpha value is -3.30. The molecule has 38 heavy (non-hydrogen) atoms. The molecular weight excluding hydrogens is 496 g/mol. The van der Waals surface area contributed by atoms with E-state index >= 15 is 0 Å². The maximum Gasteiger partial charge on any atom is 0.264 e. The summed E-state index contributed by atoms with van der Waals surface area (Å²) in [5, 5.41) is 9.74. The lowest BCUT2D eigenvalue weighted by molar-refractivity contribution is -0.146. The number of para-hydroxylation sites is 2. The lowest BCUT2D eigenvalue weighted by Gasteiger charge is -2.32. The quantitative estimate of drug-likeness (QED) is 0.325. The number of ether oxygens (including phenoxy) is 1. The van der Waals surface area contributed by atoms with Crippen LogP contribution in [0.1, 0.15) is 24.5 Å². The van der Waals surface area contributed by atoms with Crippen LogP contribution in [0.4, 0.5) is 17.1 Å². The number of hydrogen-bond acceptors (Lipinski definition) is 5. The van der Waals surface area contributed by atoms with Gasteiger partial charge in [-0.3, -0.25) is 14.5 Å². The van der Waals surface area contributed by atoms with E-state index in [1.165, 1.54) is 0 Å². The van der Waals surface area contributed by atoms with Gasteiger partial charge in [0.15, 0.2) is 13.9 Å². The van der Waals surface area contributed by atoms with E-state index in [2.05, 4.69) is 0 Å². The van der Waals surface area contributed by atoms with Crippen LogP contribution in [0.3, 0.4) is 0 Å². The first kappa shape index (κ1) is 26.3. The maximum atomic E-state index is 14.3. The molecule has 1 saturated heterocycles. The van der Waals surface area contributed by atoms with Crippen LogP contribution in [0.15, 0.2) is 78.9 Å². The van der Waals surface area contributed by atoms with Crippen molar-refractivity contribution in [1.29, 1.82) is 0 Å². The van der Waals surface area contributed by atoms with Crippen LogP contribution < -0.4 is 9.80 Å². The molecule has 0 bridgehead atoms. The molecule has 4 atom stereocenters. The summed E-state index contributed by atoms with van der Waals surface area (Å²) in [5.41, 5.74) is 2.50. The van der Waals surface area contributed by atoms with Gasteiger partial charge in [-0.05, 0) is 55.4 Å². The van der Waals surface area contributed by atoms with Crippen LogP contribution >= 0.6 is 0 Å². The zero-order valence-electron chi connectivity index (χ0n) is 21.9. The third kappa shape index (κ3) is 4.27.